The number of carbonyl (C=O) groups excluding carboxylic acids is 2. The Balaban J connectivity index is 2.80. The van der Waals surface area contributed by atoms with Crippen molar-refractivity contribution in [3.63, 3.8) is 0 Å². The molecule has 1 aromatic carbocycles. The van der Waals surface area contributed by atoms with Crippen molar-refractivity contribution < 1.29 is 19.1 Å². The Bertz CT molecular complexity index is 520. The third-order valence-corrected chi connectivity index (χ3v) is 2.27. The quantitative estimate of drug-likeness (QED) is 0.690. The zero-order valence-corrected chi connectivity index (χ0v) is 8.01. The molecule has 0 aromatic heterocycles. The summed E-state index contributed by atoms with van der Waals surface area (Å²) < 4.78 is 13.3. The number of fused-ring (bicyclic) bond motifs is 1. The minimum atomic E-state index is -0.975. The molecule has 0 bridgehead atoms. The maximum absolute atomic E-state index is 13.3. The molecule has 0 atom stereocenters. The molecule has 0 aliphatic heterocycles. The monoisotopic (exact) mass is 226 g/mol. The summed E-state index contributed by atoms with van der Waals surface area (Å²) in [7, 11) is 0. The standard InChI is InChI=1S/C10H4ClFO3/c11-4-1-5-7(13)3-8(14)10(15)9(5)6(12)2-4/h1-3,13H. The van der Waals surface area contributed by atoms with Gasteiger partial charge in [-0.15, -0.1) is 0 Å². The fraction of sp³-hybridized carbons (Fsp3) is 0. The Morgan fingerprint density at radius 3 is 2.60 bits per heavy atom. The number of aliphatic hydroxyl groups excluding tert-OH is 1. The lowest BCUT2D eigenvalue weighted by molar-refractivity contribution is -0.111. The van der Waals surface area contributed by atoms with Crippen LogP contribution in [0, 0.1) is 5.82 Å². The highest BCUT2D eigenvalue weighted by Crippen LogP contribution is 2.28. The van der Waals surface area contributed by atoms with Crippen LogP contribution in [-0.2, 0) is 4.79 Å². The predicted octanol–water partition coefficient (Wildman–Crippen LogP) is 2.14. The van der Waals surface area contributed by atoms with Crippen molar-refractivity contribution in [3.05, 3.63) is 40.2 Å². The number of Topliss-reactive ketones (excluding diaryl/α,β-unsaturated/α-hetero) is 1. The number of aliphatic hydroxyl groups is 1. The van der Waals surface area contributed by atoms with E-state index in [0.717, 1.165) is 12.1 Å². The van der Waals surface area contributed by atoms with E-state index in [1.165, 1.54) is 6.07 Å². The molecule has 0 fully saturated rings. The predicted molar refractivity (Wildman–Crippen MR) is 51.4 cm³/mol. The largest absolute Gasteiger partial charge is 0.507 e. The number of carbonyl (C=O) groups is 2. The van der Waals surface area contributed by atoms with E-state index in [0.29, 0.717) is 0 Å². The lowest BCUT2D eigenvalue weighted by Crippen LogP contribution is -2.20. The first kappa shape index (κ1) is 9.86. The van der Waals surface area contributed by atoms with Gasteiger partial charge < -0.3 is 5.11 Å². The Hall–Kier alpha value is -1.68. The van der Waals surface area contributed by atoms with Crippen LogP contribution in [0.1, 0.15) is 15.9 Å². The summed E-state index contributed by atoms with van der Waals surface area (Å²) in [4.78, 5) is 22.3. The molecular weight excluding hydrogens is 223 g/mol. The Morgan fingerprint density at radius 2 is 1.93 bits per heavy atom. The summed E-state index contributed by atoms with van der Waals surface area (Å²) in [5.41, 5.74) is -0.478. The van der Waals surface area contributed by atoms with Gasteiger partial charge in [0.15, 0.2) is 0 Å². The van der Waals surface area contributed by atoms with Crippen LogP contribution in [0.25, 0.3) is 5.76 Å². The van der Waals surface area contributed by atoms with Crippen LogP contribution < -0.4 is 0 Å². The fourth-order valence-electron chi connectivity index (χ4n) is 1.40. The van der Waals surface area contributed by atoms with E-state index in [1.54, 1.807) is 0 Å². The van der Waals surface area contributed by atoms with Crippen LogP contribution in [0.5, 0.6) is 0 Å². The first-order valence-corrected chi connectivity index (χ1v) is 4.37. The van der Waals surface area contributed by atoms with E-state index in [9.17, 15) is 19.1 Å². The average Bonchev–Trinajstić information content (AvgIpc) is 2.13. The smallest absolute Gasteiger partial charge is 0.236 e. The van der Waals surface area contributed by atoms with Gasteiger partial charge in [-0.05, 0) is 12.1 Å². The van der Waals surface area contributed by atoms with Crippen LogP contribution in [0.4, 0.5) is 4.39 Å². The van der Waals surface area contributed by atoms with Crippen molar-refractivity contribution >= 4 is 28.9 Å². The molecule has 0 spiro atoms. The van der Waals surface area contributed by atoms with E-state index in [2.05, 4.69) is 0 Å². The highest BCUT2D eigenvalue weighted by atomic mass is 35.5. The maximum atomic E-state index is 13.3. The lowest BCUT2D eigenvalue weighted by atomic mass is 9.93. The molecule has 15 heavy (non-hydrogen) atoms. The Kier molecular flexibility index (Phi) is 2.08. The molecule has 5 heteroatoms. The molecule has 1 aliphatic carbocycles. The van der Waals surface area contributed by atoms with Gasteiger partial charge in [-0.25, -0.2) is 4.39 Å². The van der Waals surface area contributed by atoms with Gasteiger partial charge in [0.2, 0.25) is 11.6 Å². The van der Waals surface area contributed by atoms with Gasteiger partial charge in [0.1, 0.15) is 11.6 Å². The van der Waals surface area contributed by atoms with Crippen LogP contribution in [-0.4, -0.2) is 16.7 Å². The second kappa shape index (κ2) is 3.17. The van der Waals surface area contributed by atoms with Gasteiger partial charge in [0, 0.05) is 16.7 Å². The minimum Gasteiger partial charge on any atom is -0.507 e. The molecule has 0 saturated carbocycles. The van der Waals surface area contributed by atoms with E-state index >= 15 is 0 Å². The van der Waals surface area contributed by atoms with Crippen molar-refractivity contribution in [1.82, 2.24) is 0 Å². The molecule has 1 N–H and O–H groups in total. The molecule has 1 aromatic rings. The van der Waals surface area contributed by atoms with Crippen molar-refractivity contribution in [2.24, 2.45) is 0 Å². The Morgan fingerprint density at radius 1 is 1.27 bits per heavy atom. The van der Waals surface area contributed by atoms with Crippen LogP contribution in [0.3, 0.4) is 0 Å². The van der Waals surface area contributed by atoms with Gasteiger partial charge in [0.25, 0.3) is 0 Å². The van der Waals surface area contributed by atoms with Crippen LogP contribution in [0.2, 0.25) is 5.02 Å². The van der Waals surface area contributed by atoms with Gasteiger partial charge in [-0.1, -0.05) is 11.6 Å². The van der Waals surface area contributed by atoms with E-state index in [-0.39, 0.29) is 10.6 Å². The number of benzene rings is 1. The van der Waals surface area contributed by atoms with Crippen LogP contribution >= 0.6 is 11.6 Å². The molecule has 1 aliphatic rings. The van der Waals surface area contributed by atoms with E-state index in [4.69, 9.17) is 11.6 Å². The first-order chi connectivity index (χ1) is 7.00. The number of halogens is 2. The van der Waals surface area contributed by atoms with Crippen LogP contribution in [0.15, 0.2) is 18.2 Å². The molecule has 0 saturated heterocycles. The van der Waals surface area contributed by atoms with E-state index in [1.807, 2.05) is 0 Å². The minimum absolute atomic E-state index is 0.0494. The summed E-state index contributed by atoms with van der Waals surface area (Å²) in [5, 5.41) is 9.41. The van der Waals surface area contributed by atoms with Gasteiger partial charge in [0.05, 0.1) is 5.56 Å². The second-order valence-electron chi connectivity index (χ2n) is 3.03. The molecule has 3 nitrogen and oxygen atoms in total. The van der Waals surface area contributed by atoms with Gasteiger partial charge in [-0.2, -0.15) is 0 Å². The SMILES string of the molecule is O=C1C=C(O)c2cc(Cl)cc(F)c2C1=O. The highest BCUT2D eigenvalue weighted by Gasteiger charge is 2.29. The third-order valence-electron chi connectivity index (χ3n) is 2.05. The average molecular weight is 227 g/mol. The van der Waals surface area contributed by atoms with Gasteiger partial charge in [-0.3, -0.25) is 9.59 Å². The topological polar surface area (TPSA) is 54.4 Å². The number of allylic oxidation sites excluding steroid dienone is 1. The van der Waals surface area contributed by atoms with Crippen molar-refractivity contribution in [3.8, 4) is 0 Å². The van der Waals surface area contributed by atoms with Gasteiger partial charge >= 0.3 is 0 Å². The summed E-state index contributed by atoms with van der Waals surface area (Å²) in [6.07, 6.45) is 0.750. The fourth-order valence-corrected chi connectivity index (χ4v) is 1.60. The summed E-state index contributed by atoms with van der Waals surface area (Å²) in [5.74, 6) is -3.27. The second-order valence-corrected chi connectivity index (χ2v) is 3.47. The molecule has 0 unspecified atom stereocenters. The molecule has 2 rings (SSSR count). The molecule has 0 heterocycles. The van der Waals surface area contributed by atoms with E-state index < -0.39 is 28.7 Å². The Labute approximate surface area is 88.8 Å². The number of hydrogen-bond donors (Lipinski definition) is 1. The number of rotatable bonds is 0. The number of hydrogen-bond acceptors (Lipinski definition) is 3. The molecular formula is C10H4ClFO3. The van der Waals surface area contributed by atoms with Crippen molar-refractivity contribution in [2.75, 3.05) is 0 Å². The highest BCUT2D eigenvalue weighted by molar-refractivity contribution is 6.50. The molecule has 76 valence electrons. The third kappa shape index (κ3) is 1.43. The summed E-state index contributed by atoms with van der Waals surface area (Å²) in [6, 6.07) is 2.15. The number of ketones is 2. The maximum Gasteiger partial charge on any atom is 0.236 e. The normalized spacial score (nSPS) is 14.9. The van der Waals surface area contributed by atoms with Crippen molar-refractivity contribution in [1.29, 1.82) is 0 Å². The summed E-state index contributed by atoms with van der Waals surface area (Å²) >= 11 is 5.56. The summed E-state index contributed by atoms with van der Waals surface area (Å²) in [6.45, 7) is 0. The lowest BCUT2D eigenvalue weighted by Gasteiger charge is -2.12. The molecule has 0 amide bonds. The van der Waals surface area contributed by atoms with Crippen molar-refractivity contribution in [2.45, 2.75) is 0 Å². The zero-order chi connectivity index (χ0) is 11.2. The molecule has 0 radical (unpaired) electrons. The first-order valence-electron chi connectivity index (χ1n) is 3.99. The zero-order valence-electron chi connectivity index (χ0n) is 7.25.